The lowest BCUT2D eigenvalue weighted by Crippen LogP contribution is -2.45. The van der Waals surface area contributed by atoms with Crippen LogP contribution in [-0.2, 0) is 4.79 Å². The number of hydrogen-bond acceptors (Lipinski definition) is 2. The smallest absolute Gasteiger partial charge is 0.223 e. The van der Waals surface area contributed by atoms with Gasteiger partial charge in [0.05, 0.1) is 6.04 Å². The molecule has 1 aliphatic rings. The molecule has 110 valence electrons. The third-order valence-electron chi connectivity index (χ3n) is 4.02. The zero-order chi connectivity index (χ0) is 14.9. The lowest BCUT2D eigenvalue weighted by atomic mass is 9.95. The van der Waals surface area contributed by atoms with E-state index in [-0.39, 0.29) is 24.0 Å². The molecule has 4 heteroatoms. The molecule has 2 rings (SSSR count). The van der Waals surface area contributed by atoms with Crippen LogP contribution in [0.25, 0.3) is 0 Å². The summed E-state index contributed by atoms with van der Waals surface area (Å²) in [5.41, 5.74) is 8.43. The fraction of sp³-hybridized carbons (Fsp3) is 0.562. The van der Waals surface area contributed by atoms with E-state index in [4.69, 9.17) is 17.3 Å². The van der Waals surface area contributed by atoms with Crippen molar-refractivity contribution in [2.75, 3.05) is 0 Å². The van der Waals surface area contributed by atoms with Gasteiger partial charge in [-0.05, 0) is 50.8 Å². The van der Waals surface area contributed by atoms with Crippen LogP contribution in [0.5, 0.6) is 0 Å². The zero-order valence-electron chi connectivity index (χ0n) is 12.4. The number of likely N-dealkylation sites (tertiary alicyclic amines) is 1. The highest BCUT2D eigenvalue weighted by molar-refractivity contribution is 6.31. The Hall–Kier alpha value is -1.06. The molecule has 1 aromatic carbocycles. The predicted octanol–water partition coefficient (Wildman–Crippen LogP) is 3.44. The molecule has 0 aliphatic carbocycles. The Morgan fingerprint density at radius 1 is 1.40 bits per heavy atom. The number of nitrogens with zero attached hydrogens (tertiary/aromatic N) is 1. The molecule has 1 heterocycles. The van der Waals surface area contributed by atoms with Gasteiger partial charge in [-0.1, -0.05) is 23.7 Å². The van der Waals surface area contributed by atoms with Gasteiger partial charge in [0, 0.05) is 23.5 Å². The van der Waals surface area contributed by atoms with Gasteiger partial charge in [-0.25, -0.2) is 0 Å². The lowest BCUT2D eigenvalue weighted by molar-refractivity contribution is -0.135. The van der Waals surface area contributed by atoms with Crippen molar-refractivity contribution in [3.8, 4) is 0 Å². The minimum Gasteiger partial charge on any atom is -0.332 e. The number of hydrogen-bond donors (Lipinski definition) is 1. The summed E-state index contributed by atoms with van der Waals surface area (Å²) in [5.74, 6) is 0.189. The minimum atomic E-state index is -0.0805. The monoisotopic (exact) mass is 294 g/mol. The molecule has 3 nitrogen and oxygen atoms in total. The zero-order valence-corrected chi connectivity index (χ0v) is 13.2. The van der Waals surface area contributed by atoms with Crippen molar-refractivity contribution in [1.29, 1.82) is 0 Å². The number of amides is 1. The molecule has 0 aromatic heterocycles. The van der Waals surface area contributed by atoms with Gasteiger partial charge in [-0.15, -0.1) is 0 Å². The molecule has 2 atom stereocenters. The van der Waals surface area contributed by atoms with Crippen LogP contribution in [0, 0.1) is 6.92 Å². The Morgan fingerprint density at radius 3 is 2.70 bits per heavy atom. The number of halogens is 1. The molecule has 2 N–H and O–H groups in total. The second-order valence-electron chi connectivity index (χ2n) is 5.90. The Morgan fingerprint density at radius 2 is 2.10 bits per heavy atom. The van der Waals surface area contributed by atoms with Crippen LogP contribution in [0.4, 0.5) is 0 Å². The van der Waals surface area contributed by atoms with Crippen LogP contribution >= 0.6 is 11.6 Å². The van der Waals surface area contributed by atoms with E-state index in [2.05, 4.69) is 0 Å². The van der Waals surface area contributed by atoms with E-state index < -0.39 is 0 Å². The molecule has 0 saturated carbocycles. The first-order chi connectivity index (χ1) is 9.41. The van der Waals surface area contributed by atoms with Gasteiger partial charge >= 0.3 is 0 Å². The maximum Gasteiger partial charge on any atom is 0.223 e. The molecular formula is C16H23ClN2O. The van der Waals surface area contributed by atoms with E-state index in [1.54, 1.807) is 0 Å². The number of nitrogens with two attached hydrogens (primary N) is 1. The fourth-order valence-electron chi connectivity index (χ4n) is 2.95. The first kappa shape index (κ1) is 15.3. The summed E-state index contributed by atoms with van der Waals surface area (Å²) in [7, 11) is 0. The van der Waals surface area contributed by atoms with Crippen LogP contribution in [0.2, 0.25) is 5.02 Å². The van der Waals surface area contributed by atoms with Gasteiger partial charge in [-0.3, -0.25) is 4.79 Å². The van der Waals surface area contributed by atoms with Crippen LogP contribution < -0.4 is 5.73 Å². The molecular weight excluding hydrogens is 272 g/mol. The minimum absolute atomic E-state index is 0.0392. The lowest BCUT2D eigenvalue weighted by Gasteiger charge is -2.37. The molecule has 1 saturated heterocycles. The van der Waals surface area contributed by atoms with Gasteiger partial charge in [0.2, 0.25) is 5.91 Å². The molecule has 0 spiro atoms. The van der Waals surface area contributed by atoms with Crippen LogP contribution in [0.15, 0.2) is 18.2 Å². The average Bonchev–Trinajstić information content (AvgIpc) is 2.52. The summed E-state index contributed by atoms with van der Waals surface area (Å²) in [6.07, 6.45) is 2.31. The van der Waals surface area contributed by atoms with Crippen LogP contribution in [0.1, 0.15) is 50.3 Å². The molecule has 1 aromatic rings. The Kier molecular flexibility index (Phi) is 4.71. The van der Waals surface area contributed by atoms with Crippen LogP contribution in [-0.4, -0.2) is 22.9 Å². The van der Waals surface area contributed by atoms with E-state index in [1.807, 2.05) is 43.9 Å². The highest BCUT2D eigenvalue weighted by Crippen LogP contribution is 2.33. The van der Waals surface area contributed by atoms with E-state index in [0.29, 0.717) is 6.42 Å². The predicted molar refractivity (Wildman–Crippen MR) is 82.7 cm³/mol. The van der Waals surface area contributed by atoms with Gasteiger partial charge in [-0.2, -0.15) is 0 Å². The normalized spacial score (nSPS) is 24.1. The van der Waals surface area contributed by atoms with Crippen molar-refractivity contribution in [2.24, 2.45) is 5.73 Å². The summed E-state index contributed by atoms with van der Waals surface area (Å²) >= 11 is 6.24. The highest BCUT2D eigenvalue weighted by atomic mass is 35.5. The number of carbonyl (C=O) groups is 1. The fourth-order valence-corrected chi connectivity index (χ4v) is 3.14. The second kappa shape index (κ2) is 6.15. The van der Waals surface area contributed by atoms with Crippen molar-refractivity contribution in [3.63, 3.8) is 0 Å². The van der Waals surface area contributed by atoms with E-state index >= 15 is 0 Å². The second-order valence-corrected chi connectivity index (χ2v) is 6.31. The maximum absolute atomic E-state index is 12.4. The third kappa shape index (κ3) is 2.99. The first-order valence-electron chi connectivity index (χ1n) is 7.24. The molecule has 1 aliphatic heterocycles. The van der Waals surface area contributed by atoms with Gasteiger partial charge in [0.15, 0.2) is 0 Å². The maximum atomic E-state index is 12.4. The van der Waals surface area contributed by atoms with Gasteiger partial charge in [0.1, 0.15) is 0 Å². The number of rotatable bonds is 2. The Labute approximate surface area is 126 Å². The summed E-state index contributed by atoms with van der Waals surface area (Å²) in [5, 5.41) is 0.732. The Balaban J connectivity index is 2.45. The Bertz CT molecular complexity index is 501. The highest BCUT2D eigenvalue weighted by Gasteiger charge is 2.34. The van der Waals surface area contributed by atoms with Crippen molar-refractivity contribution in [1.82, 2.24) is 4.90 Å². The van der Waals surface area contributed by atoms with Crippen molar-refractivity contribution >= 4 is 17.5 Å². The molecule has 1 amide bonds. The van der Waals surface area contributed by atoms with E-state index in [1.165, 1.54) is 0 Å². The van der Waals surface area contributed by atoms with Crippen LogP contribution in [0.3, 0.4) is 0 Å². The average molecular weight is 295 g/mol. The molecule has 0 bridgehead atoms. The molecule has 2 unspecified atom stereocenters. The van der Waals surface area contributed by atoms with Crippen molar-refractivity contribution in [3.05, 3.63) is 34.3 Å². The summed E-state index contributed by atoms with van der Waals surface area (Å²) in [4.78, 5) is 14.3. The quantitative estimate of drug-likeness (QED) is 0.908. The molecule has 1 fully saturated rings. The third-order valence-corrected chi connectivity index (χ3v) is 4.42. The molecule has 0 radical (unpaired) electrons. The van der Waals surface area contributed by atoms with Gasteiger partial charge < -0.3 is 10.6 Å². The number of benzene rings is 1. The summed E-state index contributed by atoms with van der Waals surface area (Å²) in [6.45, 7) is 6.06. The standard InChI is InChI=1S/C16H23ClN2O/c1-10(2)19-15(20)6-4-5-14(18)16(19)12-8-7-11(3)13(17)9-12/h7-10,14,16H,4-6,18H2,1-3H3. The van der Waals surface area contributed by atoms with Gasteiger partial charge in [0.25, 0.3) is 0 Å². The SMILES string of the molecule is Cc1ccc(C2C(N)CCCC(=O)N2C(C)C)cc1Cl. The van der Waals surface area contributed by atoms with Crippen molar-refractivity contribution < 1.29 is 4.79 Å². The summed E-state index contributed by atoms with van der Waals surface area (Å²) < 4.78 is 0. The van der Waals surface area contributed by atoms with Crippen molar-refractivity contribution in [2.45, 2.75) is 58.2 Å². The molecule has 20 heavy (non-hydrogen) atoms. The number of aryl methyl sites for hydroxylation is 1. The largest absolute Gasteiger partial charge is 0.332 e. The topological polar surface area (TPSA) is 46.3 Å². The number of carbonyl (C=O) groups excluding carboxylic acids is 1. The van der Waals surface area contributed by atoms with E-state index in [0.717, 1.165) is 29.0 Å². The first-order valence-corrected chi connectivity index (χ1v) is 7.62. The summed E-state index contributed by atoms with van der Waals surface area (Å²) in [6, 6.07) is 6.01. The van der Waals surface area contributed by atoms with E-state index in [9.17, 15) is 4.79 Å².